The lowest BCUT2D eigenvalue weighted by atomic mass is 9.81. The number of nitrogens with zero attached hydrogens (tertiary/aromatic N) is 2. The smallest absolute Gasteiger partial charge is 0.408 e. The molecule has 1 aromatic carbocycles. The van der Waals surface area contributed by atoms with E-state index in [2.05, 4.69) is 21.3 Å². The Morgan fingerprint density at radius 2 is 1.57 bits per heavy atom. The van der Waals surface area contributed by atoms with E-state index in [9.17, 15) is 42.3 Å². The molecule has 4 unspecified atom stereocenters. The van der Waals surface area contributed by atoms with Crippen LogP contribution in [0.3, 0.4) is 0 Å². The van der Waals surface area contributed by atoms with Crippen molar-refractivity contribution < 1.29 is 47.1 Å². The van der Waals surface area contributed by atoms with Gasteiger partial charge < -0.3 is 35.8 Å². The van der Waals surface area contributed by atoms with Crippen LogP contribution in [0.4, 0.5) is 13.6 Å². The van der Waals surface area contributed by atoms with Crippen LogP contribution in [0.15, 0.2) is 30.3 Å². The molecule has 1 heterocycles. The molecular weight excluding hydrogens is 706 g/mol. The molecular formula is C38H56F2N6O8. The van der Waals surface area contributed by atoms with Gasteiger partial charge in [-0.3, -0.25) is 28.8 Å². The largest absolute Gasteiger partial charge is 0.444 e. The van der Waals surface area contributed by atoms with Crippen LogP contribution in [0.25, 0.3) is 0 Å². The molecule has 4 atom stereocenters. The Hall–Kier alpha value is -4.63. The van der Waals surface area contributed by atoms with E-state index in [0.717, 1.165) is 0 Å². The van der Waals surface area contributed by atoms with Gasteiger partial charge in [0, 0.05) is 33.5 Å². The quantitative estimate of drug-likeness (QED) is 0.208. The lowest BCUT2D eigenvalue weighted by Crippen LogP contribution is -2.58. The Kier molecular flexibility index (Phi) is 14.7. The molecule has 300 valence electrons. The lowest BCUT2D eigenvalue weighted by molar-refractivity contribution is -0.144. The van der Waals surface area contributed by atoms with Crippen LogP contribution in [-0.4, -0.2) is 108 Å². The molecule has 54 heavy (non-hydrogen) atoms. The van der Waals surface area contributed by atoms with Crippen LogP contribution in [0.2, 0.25) is 0 Å². The number of alkyl halides is 2. The number of ketones is 1. The SMILES string of the molecule is CCCC(NC(=O)C1CC(C)(C)CN1C(=O)C(NC(=O)OC(C)(C)C)C1CCC(F)(F)CC1)C(=O)C(=O)NCC(=O)NC(C(=O)N(C)C)c1ccccc1. The van der Waals surface area contributed by atoms with Gasteiger partial charge in [0.2, 0.25) is 35.3 Å². The fraction of sp³-hybridized carbons (Fsp3) is 0.658. The van der Waals surface area contributed by atoms with Crippen molar-refractivity contribution in [1.82, 2.24) is 31.1 Å². The third kappa shape index (κ3) is 12.5. The van der Waals surface area contributed by atoms with Crippen molar-refractivity contribution in [2.45, 2.75) is 122 Å². The summed E-state index contributed by atoms with van der Waals surface area (Å²) in [6, 6.07) is 3.83. The topological polar surface area (TPSA) is 183 Å². The number of rotatable bonds is 14. The molecule has 16 heteroatoms. The van der Waals surface area contributed by atoms with Crippen molar-refractivity contribution in [1.29, 1.82) is 0 Å². The van der Waals surface area contributed by atoms with Crippen molar-refractivity contribution in [3.63, 3.8) is 0 Å². The second-order valence-electron chi connectivity index (χ2n) is 16.2. The number of ether oxygens (including phenoxy) is 1. The molecule has 1 saturated carbocycles. The number of halogens is 2. The zero-order valence-corrected chi connectivity index (χ0v) is 32.6. The minimum Gasteiger partial charge on any atom is -0.444 e. The number of benzene rings is 1. The molecule has 2 fully saturated rings. The number of carbonyl (C=O) groups excluding carboxylic acids is 7. The molecule has 2 aliphatic rings. The van der Waals surface area contributed by atoms with Gasteiger partial charge in [0.25, 0.3) is 5.91 Å². The van der Waals surface area contributed by atoms with E-state index in [4.69, 9.17) is 4.74 Å². The van der Waals surface area contributed by atoms with Crippen LogP contribution in [-0.2, 0) is 33.5 Å². The molecule has 0 bridgehead atoms. The van der Waals surface area contributed by atoms with Crippen molar-refractivity contribution in [3.05, 3.63) is 35.9 Å². The zero-order valence-electron chi connectivity index (χ0n) is 32.6. The van der Waals surface area contributed by atoms with Crippen LogP contribution >= 0.6 is 0 Å². The fourth-order valence-electron chi connectivity index (χ4n) is 6.76. The summed E-state index contributed by atoms with van der Waals surface area (Å²) < 4.78 is 33.6. The van der Waals surface area contributed by atoms with E-state index >= 15 is 0 Å². The molecule has 6 amide bonds. The highest BCUT2D eigenvalue weighted by Gasteiger charge is 2.49. The fourth-order valence-corrected chi connectivity index (χ4v) is 6.76. The van der Waals surface area contributed by atoms with Crippen molar-refractivity contribution in [2.24, 2.45) is 11.3 Å². The molecule has 1 saturated heterocycles. The van der Waals surface area contributed by atoms with E-state index in [0.29, 0.717) is 12.0 Å². The summed E-state index contributed by atoms with van der Waals surface area (Å²) in [5, 5.41) is 10.1. The Balaban J connectivity index is 1.74. The predicted octanol–water partition coefficient (Wildman–Crippen LogP) is 3.25. The molecule has 1 aliphatic heterocycles. The highest BCUT2D eigenvalue weighted by atomic mass is 19.3. The maximum atomic E-state index is 14.3. The first kappa shape index (κ1) is 43.8. The first-order valence-electron chi connectivity index (χ1n) is 18.4. The van der Waals surface area contributed by atoms with Gasteiger partial charge in [0.1, 0.15) is 23.7 Å². The average molecular weight is 763 g/mol. The normalized spacial score (nSPS) is 19.7. The van der Waals surface area contributed by atoms with E-state index in [1.807, 2.05) is 13.8 Å². The van der Waals surface area contributed by atoms with E-state index < -0.39 is 108 Å². The highest BCUT2D eigenvalue weighted by Crippen LogP contribution is 2.40. The summed E-state index contributed by atoms with van der Waals surface area (Å²) >= 11 is 0. The minimum absolute atomic E-state index is 0.0353. The molecule has 14 nitrogen and oxygen atoms in total. The van der Waals surface area contributed by atoms with Crippen molar-refractivity contribution >= 4 is 41.4 Å². The van der Waals surface area contributed by atoms with Crippen LogP contribution < -0.4 is 21.3 Å². The minimum atomic E-state index is -2.89. The number of nitrogens with one attached hydrogen (secondary N) is 4. The van der Waals surface area contributed by atoms with Gasteiger partial charge >= 0.3 is 6.09 Å². The number of carbonyl (C=O) groups is 7. The predicted molar refractivity (Wildman–Crippen MR) is 195 cm³/mol. The van der Waals surface area contributed by atoms with Gasteiger partial charge in [-0.2, -0.15) is 0 Å². The van der Waals surface area contributed by atoms with Gasteiger partial charge in [0.05, 0.1) is 12.6 Å². The Bertz CT molecular complexity index is 1540. The van der Waals surface area contributed by atoms with Crippen LogP contribution in [0.1, 0.15) is 98.1 Å². The first-order chi connectivity index (χ1) is 25.0. The number of Topliss-reactive ketones (excluding diaryl/α,β-unsaturated/α-hetero) is 1. The number of hydrogen-bond acceptors (Lipinski definition) is 8. The molecule has 0 radical (unpaired) electrons. The molecule has 3 rings (SSSR count). The number of likely N-dealkylation sites (N-methyl/N-ethyl adjacent to an activating group) is 1. The van der Waals surface area contributed by atoms with Gasteiger partial charge in [-0.05, 0) is 63.4 Å². The number of alkyl carbamates (subject to hydrolysis) is 1. The summed E-state index contributed by atoms with van der Waals surface area (Å²) in [5.74, 6) is -8.14. The number of amides is 6. The molecule has 1 aromatic rings. The van der Waals surface area contributed by atoms with E-state index in [-0.39, 0.29) is 32.2 Å². The maximum Gasteiger partial charge on any atom is 0.408 e. The monoisotopic (exact) mass is 762 g/mol. The second kappa shape index (κ2) is 18.1. The molecule has 1 aliphatic carbocycles. The van der Waals surface area contributed by atoms with Gasteiger partial charge in [-0.1, -0.05) is 57.5 Å². The highest BCUT2D eigenvalue weighted by molar-refractivity contribution is 6.38. The third-order valence-corrected chi connectivity index (χ3v) is 9.45. The molecule has 4 N–H and O–H groups in total. The Morgan fingerprint density at radius 3 is 2.13 bits per heavy atom. The summed E-state index contributed by atoms with van der Waals surface area (Å²) in [7, 11) is 3.07. The maximum absolute atomic E-state index is 14.3. The van der Waals surface area contributed by atoms with E-state index in [1.165, 1.54) is 23.9 Å². The van der Waals surface area contributed by atoms with Crippen LogP contribution in [0.5, 0.6) is 0 Å². The number of likely N-dealkylation sites (tertiary alicyclic amines) is 1. The standard InChI is InChI=1S/C38H56F2N6O8/c1-9-13-25(30(48)32(50)41-21-27(47)43-28(33(51)45(7)8)23-14-11-10-12-15-23)42-31(49)26-20-37(5,6)22-46(26)34(52)29(44-35(53)54-36(2,3)4)24-16-18-38(39,40)19-17-24/h10-12,14-15,24-26,28-29H,9,13,16-22H2,1-8H3,(H,41,50)(H,42,49)(H,43,47)(H,44,53). The first-order valence-corrected chi connectivity index (χ1v) is 18.4. The van der Waals surface area contributed by atoms with Crippen LogP contribution in [0, 0.1) is 11.3 Å². The average Bonchev–Trinajstić information content (AvgIpc) is 3.42. The zero-order chi connectivity index (χ0) is 40.6. The Morgan fingerprint density at radius 1 is 0.963 bits per heavy atom. The van der Waals surface area contributed by atoms with Gasteiger partial charge in [0.15, 0.2) is 0 Å². The van der Waals surface area contributed by atoms with Crippen molar-refractivity contribution in [3.8, 4) is 0 Å². The van der Waals surface area contributed by atoms with Crippen molar-refractivity contribution in [2.75, 3.05) is 27.2 Å². The van der Waals surface area contributed by atoms with Gasteiger partial charge in [-0.25, -0.2) is 13.6 Å². The number of hydrogen-bond donors (Lipinski definition) is 4. The lowest BCUT2D eigenvalue weighted by Gasteiger charge is -2.37. The Labute approximate surface area is 315 Å². The molecule has 0 aromatic heterocycles. The van der Waals surface area contributed by atoms with E-state index in [1.54, 1.807) is 58.0 Å². The summed E-state index contributed by atoms with van der Waals surface area (Å²) in [4.78, 5) is 95.7. The summed E-state index contributed by atoms with van der Waals surface area (Å²) in [5.41, 5.74) is -0.955. The summed E-state index contributed by atoms with van der Waals surface area (Å²) in [6.45, 7) is 9.85. The molecule has 0 spiro atoms. The second-order valence-corrected chi connectivity index (χ2v) is 16.2. The van der Waals surface area contributed by atoms with Gasteiger partial charge in [-0.15, -0.1) is 0 Å². The summed E-state index contributed by atoms with van der Waals surface area (Å²) in [6.07, 6.45) is -1.24. The third-order valence-electron chi connectivity index (χ3n) is 9.45.